The van der Waals surface area contributed by atoms with Gasteiger partial charge >= 0.3 is 0 Å². The molecule has 8 heteroatoms. The van der Waals surface area contributed by atoms with E-state index in [9.17, 15) is 8.42 Å². The number of sulfonamides is 1. The second-order valence-corrected chi connectivity index (χ2v) is 7.26. The third-order valence-corrected chi connectivity index (χ3v) is 3.68. The van der Waals surface area contributed by atoms with Crippen molar-refractivity contribution in [2.24, 2.45) is 10.7 Å². The zero-order valence-electron chi connectivity index (χ0n) is 14.2. The molecule has 0 unspecified atom stereocenters. The Morgan fingerprint density at radius 1 is 1.16 bits per heavy atom. The monoisotopic (exact) mass is 362 g/mol. The predicted octanol–water partition coefficient (Wildman–Crippen LogP) is 2.17. The van der Waals surface area contributed by atoms with Crippen LogP contribution in [-0.2, 0) is 10.0 Å². The molecule has 2 aromatic carbocycles. The zero-order valence-corrected chi connectivity index (χ0v) is 15.0. The average molecular weight is 362 g/mol. The topological polar surface area (TPSA) is 106 Å². The van der Waals surface area contributed by atoms with Crippen molar-refractivity contribution >= 4 is 27.4 Å². The minimum Gasteiger partial charge on any atom is -0.492 e. The van der Waals surface area contributed by atoms with Gasteiger partial charge in [-0.25, -0.2) is 13.4 Å². The van der Waals surface area contributed by atoms with Crippen LogP contribution in [0.15, 0.2) is 53.5 Å². The number of nitrogens with two attached hydrogens (primary N) is 1. The van der Waals surface area contributed by atoms with Crippen molar-refractivity contribution in [3.05, 3.63) is 54.1 Å². The Hall–Kier alpha value is -2.74. The first-order valence-electron chi connectivity index (χ1n) is 7.66. The maximum absolute atomic E-state index is 11.2. The van der Waals surface area contributed by atoms with Crippen LogP contribution in [0.2, 0.25) is 0 Å². The summed E-state index contributed by atoms with van der Waals surface area (Å²) in [6.45, 7) is 2.69. The maximum Gasteiger partial charge on any atom is 0.229 e. The van der Waals surface area contributed by atoms with Gasteiger partial charge in [0.05, 0.1) is 18.5 Å². The number of aliphatic imine (C=N–C) groups is 1. The van der Waals surface area contributed by atoms with E-state index in [-0.39, 0.29) is 0 Å². The Kier molecular flexibility index (Phi) is 6.24. The Morgan fingerprint density at radius 2 is 1.88 bits per heavy atom. The lowest BCUT2D eigenvalue weighted by molar-refractivity contribution is 0.329. The number of hydrogen-bond acceptors (Lipinski definition) is 4. The van der Waals surface area contributed by atoms with Gasteiger partial charge in [-0.05, 0) is 36.8 Å². The van der Waals surface area contributed by atoms with E-state index in [4.69, 9.17) is 10.5 Å². The van der Waals surface area contributed by atoms with Gasteiger partial charge < -0.3 is 15.8 Å². The number of anilines is 2. The fraction of sp³-hybridized carbons (Fsp3) is 0.235. The van der Waals surface area contributed by atoms with Gasteiger partial charge in [0, 0.05) is 11.8 Å². The van der Waals surface area contributed by atoms with Crippen LogP contribution in [0.25, 0.3) is 0 Å². The van der Waals surface area contributed by atoms with Gasteiger partial charge in [-0.2, -0.15) is 0 Å². The van der Waals surface area contributed by atoms with E-state index in [0.29, 0.717) is 30.5 Å². The third-order valence-electron chi connectivity index (χ3n) is 3.07. The molecule has 0 amide bonds. The van der Waals surface area contributed by atoms with E-state index in [1.54, 1.807) is 24.3 Å². The average Bonchev–Trinajstić information content (AvgIpc) is 2.50. The lowest BCUT2D eigenvalue weighted by Gasteiger charge is -2.09. The first kappa shape index (κ1) is 18.6. The minimum absolute atomic E-state index is 0.307. The molecule has 2 rings (SSSR count). The quantitative estimate of drug-likeness (QED) is 0.398. The van der Waals surface area contributed by atoms with Gasteiger partial charge in [-0.3, -0.25) is 4.72 Å². The Bertz CT molecular complexity index is 850. The summed E-state index contributed by atoms with van der Waals surface area (Å²) in [6.07, 6.45) is 1.10. The molecule has 0 fully saturated rings. The van der Waals surface area contributed by atoms with Crippen molar-refractivity contribution in [2.45, 2.75) is 6.92 Å². The highest BCUT2D eigenvalue weighted by atomic mass is 32.2. The van der Waals surface area contributed by atoms with Gasteiger partial charge in [0.15, 0.2) is 5.96 Å². The minimum atomic E-state index is -3.32. The summed E-state index contributed by atoms with van der Waals surface area (Å²) in [7, 11) is -3.32. The number of hydrogen-bond donors (Lipinski definition) is 3. The number of rotatable bonds is 7. The number of aryl methyl sites for hydroxylation is 1. The number of nitrogens with one attached hydrogen (secondary N) is 2. The molecule has 0 radical (unpaired) electrons. The van der Waals surface area contributed by atoms with Crippen LogP contribution in [0.1, 0.15) is 5.56 Å². The fourth-order valence-electron chi connectivity index (χ4n) is 2.10. The molecule has 0 bridgehead atoms. The molecular weight excluding hydrogens is 340 g/mol. The second-order valence-electron chi connectivity index (χ2n) is 5.51. The fourth-order valence-corrected chi connectivity index (χ4v) is 2.66. The van der Waals surface area contributed by atoms with Crippen molar-refractivity contribution in [3.63, 3.8) is 0 Å². The summed E-state index contributed by atoms with van der Waals surface area (Å²) < 4.78 is 30.4. The SMILES string of the molecule is Cc1cccc(NC(N)=NCCOc2cccc(NS(C)(=O)=O)c2)c1. The predicted molar refractivity (Wildman–Crippen MR) is 102 cm³/mol. The highest BCUT2D eigenvalue weighted by molar-refractivity contribution is 7.92. The number of benzene rings is 2. The van der Waals surface area contributed by atoms with E-state index in [2.05, 4.69) is 15.0 Å². The standard InChI is InChI=1S/C17H22N4O3S/c1-13-5-3-6-14(11-13)20-17(18)19-9-10-24-16-8-4-7-15(12-16)21-25(2,22)23/h3-8,11-12,21H,9-10H2,1-2H3,(H3,18,19,20). The molecule has 0 spiro atoms. The Balaban J connectivity index is 1.83. The van der Waals surface area contributed by atoms with E-state index < -0.39 is 10.0 Å². The molecule has 4 N–H and O–H groups in total. The summed E-state index contributed by atoms with van der Waals surface area (Å²) in [6, 6.07) is 14.5. The first-order chi connectivity index (χ1) is 11.8. The molecule has 25 heavy (non-hydrogen) atoms. The number of guanidine groups is 1. The zero-order chi connectivity index (χ0) is 18.3. The van der Waals surface area contributed by atoms with Crippen molar-refractivity contribution in [1.82, 2.24) is 0 Å². The Labute approximate surface area is 148 Å². The second kappa shape index (κ2) is 8.39. The van der Waals surface area contributed by atoms with Gasteiger partial charge in [-0.1, -0.05) is 18.2 Å². The van der Waals surface area contributed by atoms with Crippen LogP contribution in [0, 0.1) is 6.92 Å². The number of nitrogens with zero attached hydrogens (tertiary/aromatic N) is 1. The normalized spacial score (nSPS) is 11.8. The molecule has 0 aliphatic rings. The highest BCUT2D eigenvalue weighted by Gasteiger charge is 2.03. The summed E-state index contributed by atoms with van der Waals surface area (Å²) in [4.78, 5) is 4.19. The molecule has 0 aliphatic carbocycles. The summed E-state index contributed by atoms with van der Waals surface area (Å²) >= 11 is 0. The summed E-state index contributed by atoms with van der Waals surface area (Å²) in [5.41, 5.74) is 8.29. The van der Waals surface area contributed by atoms with Crippen LogP contribution in [0.3, 0.4) is 0 Å². The smallest absolute Gasteiger partial charge is 0.229 e. The van der Waals surface area contributed by atoms with Crippen LogP contribution in [0.5, 0.6) is 5.75 Å². The molecule has 0 aromatic heterocycles. The lowest BCUT2D eigenvalue weighted by atomic mass is 10.2. The first-order valence-corrected chi connectivity index (χ1v) is 9.55. The van der Waals surface area contributed by atoms with E-state index >= 15 is 0 Å². The maximum atomic E-state index is 11.2. The molecule has 0 saturated carbocycles. The van der Waals surface area contributed by atoms with Gasteiger partial charge in [0.2, 0.25) is 10.0 Å². The van der Waals surface area contributed by atoms with Crippen molar-refractivity contribution in [1.29, 1.82) is 0 Å². The van der Waals surface area contributed by atoms with Crippen LogP contribution in [0.4, 0.5) is 11.4 Å². The highest BCUT2D eigenvalue weighted by Crippen LogP contribution is 2.18. The molecule has 0 saturated heterocycles. The summed E-state index contributed by atoms with van der Waals surface area (Å²) in [5, 5.41) is 3.01. The molecule has 134 valence electrons. The molecule has 0 atom stereocenters. The molecular formula is C17H22N4O3S. The third kappa shape index (κ3) is 7.13. The van der Waals surface area contributed by atoms with Gasteiger partial charge in [-0.15, -0.1) is 0 Å². The molecule has 7 nitrogen and oxygen atoms in total. The Morgan fingerprint density at radius 3 is 2.60 bits per heavy atom. The van der Waals surface area contributed by atoms with Crippen molar-refractivity contribution in [2.75, 3.05) is 29.4 Å². The molecule has 0 aliphatic heterocycles. The van der Waals surface area contributed by atoms with E-state index in [0.717, 1.165) is 17.5 Å². The van der Waals surface area contributed by atoms with E-state index in [1.807, 2.05) is 31.2 Å². The summed E-state index contributed by atoms with van der Waals surface area (Å²) in [5.74, 6) is 0.857. The molecule has 2 aromatic rings. The van der Waals surface area contributed by atoms with E-state index in [1.165, 1.54) is 0 Å². The van der Waals surface area contributed by atoms with Crippen molar-refractivity contribution in [3.8, 4) is 5.75 Å². The van der Waals surface area contributed by atoms with Crippen molar-refractivity contribution < 1.29 is 13.2 Å². The van der Waals surface area contributed by atoms with Crippen LogP contribution in [-0.4, -0.2) is 33.8 Å². The molecule has 0 heterocycles. The lowest BCUT2D eigenvalue weighted by Crippen LogP contribution is -2.23. The van der Waals surface area contributed by atoms with Crippen LogP contribution >= 0.6 is 0 Å². The van der Waals surface area contributed by atoms with Gasteiger partial charge in [0.25, 0.3) is 0 Å². The van der Waals surface area contributed by atoms with Crippen LogP contribution < -0.4 is 20.5 Å². The largest absolute Gasteiger partial charge is 0.492 e. The van der Waals surface area contributed by atoms with Gasteiger partial charge in [0.1, 0.15) is 12.4 Å². The number of ether oxygens (including phenoxy) is 1.